The molecular weight excluding hydrogens is 214 g/mol. The van der Waals surface area contributed by atoms with Crippen LogP contribution in [0.1, 0.15) is 39.5 Å². The van der Waals surface area contributed by atoms with Crippen LogP contribution in [0.25, 0.3) is 0 Å². The van der Waals surface area contributed by atoms with Crippen LogP contribution in [-0.4, -0.2) is 42.3 Å². The molecule has 0 aliphatic carbocycles. The molecule has 1 aliphatic rings. The molecule has 1 N–H and O–H groups in total. The second-order valence-electron chi connectivity index (χ2n) is 4.35. The molecule has 15 heavy (non-hydrogen) atoms. The second-order valence-corrected chi connectivity index (χ2v) is 6.35. The Morgan fingerprint density at radius 1 is 1.27 bits per heavy atom. The average molecular weight is 235 g/mol. The summed E-state index contributed by atoms with van der Waals surface area (Å²) in [6, 6.07) is 0.217. The number of aliphatic hydroxyl groups is 1. The lowest BCUT2D eigenvalue weighted by Gasteiger charge is -2.37. The van der Waals surface area contributed by atoms with Gasteiger partial charge in [0, 0.05) is 18.7 Å². The Morgan fingerprint density at radius 3 is 2.27 bits per heavy atom. The van der Waals surface area contributed by atoms with Crippen molar-refractivity contribution in [3.8, 4) is 0 Å². The lowest BCUT2D eigenvalue weighted by atomic mass is 10.0. The highest BCUT2D eigenvalue weighted by Crippen LogP contribution is 2.25. The highest BCUT2D eigenvalue weighted by Gasteiger charge is 2.33. The molecule has 0 amide bonds. The van der Waals surface area contributed by atoms with Gasteiger partial charge in [-0.3, -0.25) is 0 Å². The average Bonchev–Trinajstić information content (AvgIpc) is 2.14. The lowest BCUT2D eigenvalue weighted by molar-refractivity contribution is 0.203. The van der Waals surface area contributed by atoms with E-state index in [0.717, 1.165) is 19.3 Å². The highest BCUT2D eigenvalue weighted by atomic mass is 32.2. The molecule has 0 saturated carbocycles. The molecule has 0 aromatic heterocycles. The third kappa shape index (κ3) is 3.16. The summed E-state index contributed by atoms with van der Waals surface area (Å²) in [5.74, 6) is 0.0676. The molecule has 90 valence electrons. The van der Waals surface area contributed by atoms with Crippen LogP contribution in [-0.2, 0) is 10.0 Å². The Kier molecular flexibility index (Phi) is 4.55. The molecule has 1 aliphatic heterocycles. The van der Waals surface area contributed by atoms with Crippen molar-refractivity contribution in [1.29, 1.82) is 0 Å². The molecule has 2 unspecified atom stereocenters. The first-order chi connectivity index (χ1) is 6.99. The third-order valence-electron chi connectivity index (χ3n) is 2.99. The maximum atomic E-state index is 12.0. The summed E-state index contributed by atoms with van der Waals surface area (Å²) in [5.41, 5.74) is 0. The van der Waals surface area contributed by atoms with Gasteiger partial charge in [0.2, 0.25) is 10.0 Å². The van der Waals surface area contributed by atoms with Crippen LogP contribution >= 0.6 is 0 Å². The summed E-state index contributed by atoms with van der Waals surface area (Å²) >= 11 is 0. The molecule has 0 aromatic rings. The van der Waals surface area contributed by atoms with E-state index in [0.29, 0.717) is 6.42 Å². The first-order valence-corrected chi connectivity index (χ1v) is 7.22. The summed E-state index contributed by atoms with van der Waals surface area (Å²) in [6.07, 6.45) is 3.33. The minimum atomic E-state index is -3.17. The van der Waals surface area contributed by atoms with E-state index in [4.69, 9.17) is 5.11 Å². The van der Waals surface area contributed by atoms with Gasteiger partial charge in [0.1, 0.15) is 0 Å². The predicted molar refractivity (Wildman–Crippen MR) is 60.1 cm³/mol. The maximum absolute atomic E-state index is 12.0. The first kappa shape index (κ1) is 12.9. The van der Waals surface area contributed by atoms with Gasteiger partial charge >= 0.3 is 0 Å². The number of nitrogens with zero attached hydrogens (tertiary/aromatic N) is 1. The molecule has 1 heterocycles. The first-order valence-electron chi connectivity index (χ1n) is 5.61. The Hall–Kier alpha value is -0.130. The zero-order valence-corrected chi connectivity index (χ0v) is 10.3. The summed E-state index contributed by atoms with van der Waals surface area (Å²) in [6.45, 7) is 3.87. The van der Waals surface area contributed by atoms with Crippen molar-refractivity contribution >= 4 is 10.0 Å². The van der Waals surface area contributed by atoms with Crippen LogP contribution in [0.3, 0.4) is 0 Å². The summed E-state index contributed by atoms with van der Waals surface area (Å²) in [4.78, 5) is 0. The highest BCUT2D eigenvalue weighted by molar-refractivity contribution is 7.89. The number of piperidine rings is 1. The smallest absolute Gasteiger partial charge is 0.214 e. The fraction of sp³-hybridized carbons (Fsp3) is 1.00. The number of rotatable bonds is 4. The van der Waals surface area contributed by atoms with Gasteiger partial charge in [-0.2, -0.15) is 4.31 Å². The zero-order chi connectivity index (χ0) is 11.5. The van der Waals surface area contributed by atoms with Gasteiger partial charge in [-0.15, -0.1) is 0 Å². The van der Waals surface area contributed by atoms with E-state index in [1.165, 1.54) is 0 Å². The van der Waals surface area contributed by atoms with Crippen molar-refractivity contribution in [2.75, 3.05) is 12.4 Å². The number of aliphatic hydroxyl groups excluding tert-OH is 1. The normalized spacial score (nSPS) is 29.3. The minimum Gasteiger partial charge on any atom is -0.396 e. The fourth-order valence-corrected chi connectivity index (χ4v) is 4.31. The maximum Gasteiger partial charge on any atom is 0.214 e. The van der Waals surface area contributed by atoms with Crippen molar-refractivity contribution in [1.82, 2.24) is 4.31 Å². The Balaban J connectivity index is 2.74. The van der Waals surface area contributed by atoms with Crippen LogP contribution in [0, 0.1) is 0 Å². The summed E-state index contributed by atoms with van der Waals surface area (Å²) in [5, 5.41) is 8.68. The SMILES string of the molecule is CC1CCCC(C)N1S(=O)(=O)CCCO. The molecule has 1 saturated heterocycles. The summed E-state index contributed by atoms with van der Waals surface area (Å²) in [7, 11) is -3.17. The van der Waals surface area contributed by atoms with Crippen LogP contribution in [0.4, 0.5) is 0 Å². The molecule has 1 rings (SSSR count). The predicted octanol–water partition coefficient (Wildman–Crippen LogP) is 0.962. The van der Waals surface area contributed by atoms with Gasteiger partial charge in [-0.05, 0) is 33.1 Å². The molecule has 2 atom stereocenters. The van der Waals surface area contributed by atoms with Gasteiger partial charge < -0.3 is 5.11 Å². The van der Waals surface area contributed by atoms with E-state index in [1.54, 1.807) is 4.31 Å². The van der Waals surface area contributed by atoms with Gasteiger partial charge in [-0.1, -0.05) is 6.42 Å². The number of hydrogen-bond donors (Lipinski definition) is 1. The topological polar surface area (TPSA) is 57.6 Å². The van der Waals surface area contributed by atoms with Crippen molar-refractivity contribution in [3.05, 3.63) is 0 Å². The van der Waals surface area contributed by atoms with Crippen molar-refractivity contribution in [3.63, 3.8) is 0 Å². The quantitative estimate of drug-likeness (QED) is 0.789. The van der Waals surface area contributed by atoms with Gasteiger partial charge in [0.05, 0.1) is 5.75 Å². The standard InChI is InChI=1S/C10H21NO3S/c1-9-5-3-6-10(2)11(9)15(13,14)8-4-7-12/h9-10,12H,3-8H2,1-2H3. The van der Waals surface area contributed by atoms with Gasteiger partial charge in [0.25, 0.3) is 0 Å². The Bertz CT molecular complexity index is 279. The Morgan fingerprint density at radius 2 is 1.80 bits per heavy atom. The van der Waals surface area contributed by atoms with Crippen molar-refractivity contribution < 1.29 is 13.5 Å². The van der Waals surface area contributed by atoms with E-state index in [9.17, 15) is 8.42 Å². The van der Waals surface area contributed by atoms with Crippen molar-refractivity contribution in [2.45, 2.75) is 51.6 Å². The minimum absolute atomic E-state index is 0.0597. The number of sulfonamides is 1. The molecule has 1 fully saturated rings. The van der Waals surface area contributed by atoms with Gasteiger partial charge in [0.15, 0.2) is 0 Å². The number of hydrogen-bond acceptors (Lipinski definition) is 3. The molecule has 0 bridgehead atoms. The monoisotopic (exact) mass is 235 g/mol. The van der Waals surface area contributed by atoms with Crippen LogP contribution in [0.2, 0.25) is 0 Å². The molecule has 5 heteroatoms. The van der Waals surface area contributed by atoms with E-state index in [-0.39, 0.29) is 24.4 Å². The van der Waals surface area contributed by atoms with Crippen LogP contribution in [0.15, 0.2) is 0 Å². The van der Waals surface area contributed by atoms with Crippen LogP contribution < -0.4 is 0 Å². The van der Waals surface area contributed by atoms with E-state index >= 15 is 0 Å². The van der Waals surface area contributed by atoms with E-state index in [2.05, 4.69) is 0 Å². The van der Waals surface area contributed by atoms with E-state index in [1.807, 2.05) is 13.8 Å². The van der Waals surface area contributed by atoms with Crippen LogP contribution in [0.5, 0.6) is 0 Å². The van der Waals surface area contributed by atoms with Gasteiger partial charge in [-0.25, -0.2) is 8.42 Å². The second kappa shape index (κ2) is 5.27. The Labute approximate surface area is 92.3 Å². The molecule has 0 radical (unpaired) electrons. The lowest BCUT2D eigenvalue weighted by Crippen LogP contribution is -2.48. The fourth-order valence-electron chi connectivity index (χ4n) is 2.30. The molecule has 0 spiro atoms. The van der Waals surface area contributed by atoms with Crippen molar-refractivity contribution in [2.24, 2.45) is 0 Å². The molecular formula is C10H21NO3S. The van der Waals surface area contributed by atoms with E-state index < -0.39 is 10.0 Å². The summed E-state index contributed by atoms with van der Waals surface area (Å²) < 4.78 is 25.6. The molecule has 4 nitrogen and oxygen atoms in total. The zero-order valence-electron chi connectivity index (χ0n) is 9.52. The third-order valence-corrected chi connectivity index (χ3v) is 5.16. The molecule has 0 aromatic carbocycles. The largest absolute Gasteiger partial charge is 0.396 e.